The highest BCUT2D eigenvalue weighted by Crippen LogP contribution is 2.14. The Morgan fingerprint density at radius 3 is 2.61 bits per heavy atom. The summed E-state index contributed by atoms with van der Waals surface area (Å²) in [5.41, 5.74) is 0.222. The summed E-state index contributed by atoms with van der Waals surface area (Å²) in [4.78, 5) is 2.42. The lowest BCUT2D eigenvalue weighted by Gasteiger charge is -2.30. The predicted molar refractivity (Wildman–Crippen MR) is 78.0 cm³/mol. The van der Waals surface area contributed by atoms with Gasteiger partial charge in [0.2, 0.25) is 0 Å². The predicted octanol–water partition coefficient (Wildman–Crippen LogP) is 2.51. The summed E-state index contributed by atoms with van der Waals surface area (Å²) in [6.45, 7) is 13.2. The van der Waals surface area contributed by atoms with Crippen molar-refractivity contribution in [3.8, 4) is 0 Å². The minimum atomic E-state index is 0.222. The fourth-order valence-corrected chi connectivity index (χ4v) is 2.45. The third-order valence-corrected chi connectivity index (χ3v) is 3.39. The number of ether oxygens (including phenoxy) is 1. The Labute approximate surface area is 113 Å². The first-order valence-corrected chi connectivity index (χ1v) is 7.42. The Kier molecular flexibility index (Phi) is 6.61. The van der Waals surface area contributed by atoms with Crippen LogP contribution in [0.5, 0.6) is 0 Å². The maximum atomic E-state index is 5.79. The molecular weight excluding hydrogens is 224 g/mol. The van der Waals surface area contributed by atoms with E-state index in [1.165, 1.54) is 19.3 Å². The molecule has 1 aliphatic rings. The Bertz CT molecular complexity index is 219. The molecule has 1 aliphatic heterocycles. The summed E-state index contributed by atoms with van der Waals surface area (Å²) in [7, 11) is 2.21. The molecule has 2 unspecified atom stereocenters. The lowest BCUT2D eigenvalue weighted by Crippen LogP contribution is -2.42. The molecule has 18 heavy (non-hydrogen) atoms. The van der Waals surface area contributed by atoms with Crippen molar-refractivity contribution in [2.24, 2.45) is 5.92 Å². The zero-order valence-electron chi connectivity index (χ0n) is 13.0. The van der Waals surface area contributed by atoms with E-state index in [1.54, 1.807) is 0 Å². The molecule has 0 radical (unpaired) electrons. The quantitative estimate of drug-likeness (QED) is 0.790. The van der Waals surface area contributed by atoms with E-state index >= 15 is 0 Å². The normalized spacial score (nSPS) is 23.3. The van der Waals surface area contributed by atoms with Gasteiger partial charge in [-0.15, -0.1) is 0 Å². The fourth-order valence-electron chi connectivity index (χ4n) is 2.45. The van der Waals surface area contributed by atoms with Crippen LogP contribution in [0.1, 0.15) is 47.0 Å². The van der Waals surface area contributed by atoms with Gasteiger partial charge >= 0.3 is 0 Å². The summed E-state index contributed by atoms with van der Waals surface area (Å²) >= 11 is 0. The number of hydrogen-bond donors (Lipinski definition) is 1. The Hall–Kier alpha value is -0.120. The summed E-state index contributed by atoms with van der Waals surface area (Å²) in [5, 5.41) is 3.57. The van der Waals surface area contributed by atoms with Gasteiger partial charge in [0, 0.05) is 25.2 Å². The van der Waals surface area contributed by atoms with Gasteiger partial charge in [-0.1, -0.05) is 6.92 Å². The van der Waals surface area contributed by atoms with Gasteiger partial charge in [-0.05, 0) is 59.5 Å². The van der Waals surface area contributed by atoms with Crippen LogP contribution in [-0.2, 0) is 4.74 Å². The first-order valence-electron chi connectivity index (χ1n) is 7.42. The Morgan fingerprint density at radius 2 is 2.06 bits per heavy atom. The summed E-state index contributed by atoms with van der Waals surface area (Å²) < 4.78 is 5.79. The molecule has 1 rings (SSSR count). The number of rotatable bonds is 6. The van der Waals surface area contributed by atoms with Gasteiger partial charge in [0.05, 0.1) is 6.10 Å². The van der Waals surface area contributed by atoms with Crippen molar-refractivity contribution < 1.29 is 4.74 Å². The molecule has 108 valence electrons. The van der Waals surface area contributed by atoms with Crippen molar-refractivity contribution in [3.63, 3.8) is 0 Å². The highest BCUT2D eigenvalue weighted by Gasteiger charge is 2.17. The molecule has 0 saturated carbocycles. The molecule has 0 aromatic heterocycles. The van der Waals surface area contributed by atoms with E-state index in [9.17, 15) is 0 Å². The average molecular weight is 256 g/mol. The van der Waals surface area contributed by atoms with Crippen LogP contribution >= 0.6 is 0 Å². The second-order valence-electron chi connectivity index (χ2n) is 6.95. The summed E-state index contributed by atoms with van der Waals surface area (Å²) in [6.07, 6.45) is 4.27. The molecule has 0 amide bonds. The first-order chi connectivity index (χ1) is 8.37. The van der Waals surface area contributed by atoms with Gasteiger partial charge in [-0.25, -0.2) is 0 Å². The molecular formula is C15H32N2O. The number of nitrogens with zero attached hydrogens (tertiary/aromatic N) is 1. The van der Waals surface area contributed by atoms with Crippen LogP contribution in [0.25, 0.3) is 0 Å². The van der Waals surface area contributed by atoms with E-state index < -0.39 is 0 Å². The maximum absolute atomic E-state index is 5.79. The summed E-state index contributed by atoms with van der Waals surface area (Å²) in [6, 6.07) is 0. The fraction of sp³-hybridized carbons (Fsp3) is 1.00. The highest BCUT2D eigenvalue weighted by molar-refractivity contribution is 4.74. The molecule has 0 aromatic rings. The molecule has 3 nitrogen and oxygen atoms in total. The van der Waals surface area contributed by atoms with Crippen molar-refractivity contribution >= 4 is 0 Å². The van der Waals surface area contributed by atoms with Gasteiger partial charge in [-0.2, -0.15) is 0 Å². The molecule has 1 saturated heterocycles. The van der Waals surface area contributed by atoms with Crippen molar-refractivity contribution in [3.05, 3.63) is 0 Å². The topological polar surface area (TPSA) is 24.5 Å². The zero-order chi connectivity index (χ0) is 13.6. The molecule has 1 fully saturated rings. The molecule has 2 atom stereocenters. The van der Waals surface area contributed by atoms with Crippen molar-refractivity contribution in [1.82, 2.24) is 10.2 Å². The smallest absolute Gasteiger partial charge is 0.0701 e. The van der Waals surface area contributed by atoms with Crippen molar-refractivity contribution in [2.75, 3.05) is 33.3 Å². The SMILES string of the molecule is CC(CNC(C)(C)C)CN(C)CC1CCCCO1. The number of likely N-dealkylation sites (N-methyl/N-ethyl adjacent to an activating group) is 1. The van der Waals surface area contributed by atoms with Gasteiger partial charge in [0.15, 0.2) is 0 Å². The van der Waals surface area contributed by atoms with Crippen LogP contribution in [-0.4, -0.2) is 49.8 Å². The third kappa shape index (κ3) is 7.34. The maximum Gasteiger partial charge on any atom is 0.0701 e. The van der Waals surface area contributed by atoms with E-state index in [0.717, 1.165) is 26.2 Å². The van der Waals surface area contributed by atoms with Crippen LogP contribution in [0.3, 0.4) is 0 Å². The Morgan fingerprint density at radius 1 is 1.33 bits per heavy atom. The monoisotopic (exact) mass is 256 g/mol. The van der Waals surface area contributed by atoms with E-state index in [4.69, 9.17) is 4.74 Å². The van der Waals surface area contributed by atoms with Gasteiger partial charge in [0.25, 0.3) is 0 Å². The second-order valence-corrected chi connectivity index (χ2v) is 6.95. The van der Waals surface area contributed by atoms with E-state index in [2.05, 4.69) is 45.0 Å². The standard InChI is InChI=1S/C15H32N2O/c1-13(10-16-15(2,3)4)11-17(5)12-14-8-6-7-9-18-14/h13-14,16H,6-12H2,1-5H3. The van der Waals surface area contributed by atoms with Crippen LogP contribution in [0.2, 0.25) is 0 Å². The largest absolute Gasteiger partial charge is 0.377 e. The molecule has 0 bridgehead atoms. The van der Waals surface area contributed by atoms with Crippen molar-refractivity contribution in [1.29, 1.82) is 0 Å². The molecule has 0 aliphatic carbocycles. The van der Waals surface area contributed by atoms with Crippen LogP contribution in [0.15, 0.2) is 0 Å². The van der Waals surface area contributed by atoms with E-state index in [0.29, 0.717) is 12.0 Å². The summed E-state index contributed by atoms with van der Waals surface area (Å²) in [5.74, 6) is 0.679. The van der Waals surface area contributed by atoms with Crippen LogP contribution < -0.4 is 5.32 Å². The molecule has 1 heterocycles. The number of nitrogens with one attached hydrogen (secondary N) is 1. The second kappa shape index (κ2) is 7.46. The average Bonchev–Trinajstić information content (AvgIpc) is 2.26. The zero-order valence-corrected chi connectivity index (χ0v) is 13.0. The molecule has 1 N–H and O–H groups in total. The first kappa shape index (κ1) is 15.9. The molecule has 0 aromatic carbocycles. The van der Waals surface area contributed by atoms with Crippen LogP contribution in [0, 0.1) is 5.92 Å². The minimum Gasteiger partial charge on any atom is -0.377 e. The van der Waals surface area contributed by atoms with Gasteiger partial charge < -0.3 is 15.0 Å². The third-order valence-electron chi connectivity index (χ3n) is 3.39. The lowest BCUT2D eigenvalue weighted by atomic mass is 10.1. The van der Waals surface area contributed by atoms with Crippen LogP contribution in [0.4, 0.5) is 0 Å². The minimum absolute atomic E-state index is 0.222. The Balaban J connectivity index is 2.16. The molecule has 3 heteroatoms. The van der Waals surface area contributed by atoms with Gasteiger partial charge in [0.1, 0.15) is 0 Å². The molecule has 0 spiro atoms. The number of hydrogen-bond acceptors (Lipinski definition) is 3. The van der Waals surface area contributed by atoms with E-state index in [-0.39, 0.29) is 5.54 Å². The highest BCUT2D eigenvalue weighted by atomic mass is 16.5. The van der Waals surface area contributed by atoms with E-state index in [1.807, 2.05) is 0 Å². The lowest BCUT2D eigenvalue weighted by molar-refractivity contribution is -0.00320. The van der Waals surface area contributed by atoms with Crippen molar-refractivity contribution in [2.45, 2.75) is 58.6 Å². The van der Waals surface area contributed by atoms with Gasteiger partial charge in [-0.3, -0.25) is 0 Å².